The maximum atomic E-state index is 9.96. The number of hydrogen-bond donors (Lipinski definition) is 2. The number of phenols is 1. The van der Waals surface area contributed by atoms with Crippen LogP contribution in [0.2, 0.25) is 5.02 Å². The van der Waals surface area contributed by atoms with E-state index in [2.05, 4.69) is 35.3 Å². The molecule has 0 amide bonds. The molecule has 0 saturated heterocycles. The first-order valence-electron chi connectivity index (χ1n) is 9.08. The van der Waals surface area contributed by atoms with Crippen LogP contribution < -0.4 is 4.90 Å². The molecule has 0 spiro atoms. The molecule has 1 atom stereocenters. The Hall–Kier alpha value is -2.65. The average Bonchev–Trinajstić information content (AvgIpc) is 3.06. The number of phenolic OH excluding ortho intramolecular Hbond substituents is 1. The van der Waals surface area contributed by atoms with Gasteiger partial charge in [0.05, 0.1) is 17.0 Å². The molecule has 4 nitrogen and oxygen atoms in total. The Morgan fingerprint density at radius 2 is 2.07 bits per heavy atom. The molecule has 2 heterocycles. The summed E-state index contributed by atoms with van der Waals surface area (Å²) < 4.78 is 0. The van der Waals surface area contributed by atoms with Crippen LogP contribution in [0.1, 0.15) is 27.1 Å². The third kappa shape index (κ3) is 3.95. The minimum absolute atomic E-state index is 0.117. The van der Waals surface area contributed by atoms with E-state index in [0.29, 0.717) is 21.2 Å². The Balaban J connectivity index is 1.57. The van der Waals surface area contributed by atoms with E-state index >= 15 is 0 Å². The molecular weight excluding hydrogens is 390 g/mol. The van der Waals surface area contributed by atoms with Crippen molar-refractivity contribution in [3.63, 3.8) is 0 Å². The predicted octanol–water partition coefficient (Wildman–Crippen LogP) is 3.87. The number of halogens is 1. The Kier molecular flexibility index (Phi) is 5.45. The molecule has 140 valence electrons. The lowest BCUT2D eigenvalue weighted by Crippen LogP contribution is -3.10. The topological polar surface area (TPSA) is 60.8 Å². The Morgan fingerprint density at radius 1 is 1.25 bits per heavy atom. The fourth-order valence-corrected chi connectivity index (χ4v) is 4.91. The van der Waals surface area contributed by atoms with Crippen molar-refractivity contribution in [2.24, 2.45) is 4.99 Å². The molecule has 1 aromatic heterocycles. The third-order valence-electron chi connectivity index (χ3n) is 4.93. The summed E-state index contributed by atoms with van der Waals surface area (Å²) in [6.45, 7) is 2.89. The molecule has 0 bridgehead atoms. The van der Waals surface area contributed by atoms with Gasteiger partial charge in [0.25, 0.3) is 0 Å². The Labute approximate surface area is 173 Å². The van der Waals surface area contributed by atoms with Gasteiger partial charge in [-0.05, 0) is 23.8 Å². The largest absolute Gasteiger partial charge is 0.507 e. The third-order valence-corrected chi connectivity index (χ3v) is 6.31. The van der Waals surface area contributed by atoms with Crippen molar-refractivity contribution in [1.29, 1.82) is 5.26 Å². The van der Waals surface area contributed by atoms with Crippen LogP contribution in [0.5, 0.6) is 5.75 Å². The van der Waals surface area contributed by atoms with E-state index in [9.17, 15) is 10.4 Å². The van der Waals surface area contributed by atoms with Crippen molar-refractivity contribution in [3.05, 3.63) is 80.7 Å². The van der Waals surface area contributed by atoms with Crippen LogP contribution in [-0.2, 0) is 19.5 Å². The zero-order chi connectivity index (χ0) is 19.5. The number of quaternary nitrogens is 1. The number of rotatable bonds is 4. The van der Waals surface area contributed by atoms with Crippen molar-refractivity contribution in [1.82, 2.24) is 0 Å². The molecule has 0 fully saturated rings. The molecule has 6 heteroatoms. The number of nitrogens with one attached hydrogen (secondary N) is 1. The van der Waals surface area contributed by atoms with E-state index in [1.165, 1.54) is 15.3 Å². The highest BCUT2D eigenvalue weighted by Crippen LogP contribution is 2.36. The summed E-state index contributed by atoms with van der Waals surface area (Å²) in [7, 11) is 0. The van der Waals surface area contributed by atoms with Crippen LogP contribution in [0.15, 0.2) is 53.5 Å². The maximum absolute atomic E-state index is 9.96. The molecule has 0 saturated carbocycles. The van der Waals surface area contributed by atoms with Crippen LogP contribution in [0, 0.1) is 11.3 Å². The number of aromatic hydroxyl groups is 1. The standard InChI is InChI=1S/C22H18ClN3OS/c23-17-6-7-20(27)16(10-17)12-25-22-19(11-24)18-8-9-26(14-21(18)28-22)13-15-4-2-1-3-5-15/h1-7,10,12,27H,8-9,13-14H2/p+1/b25-12+. The van der Waals surface area contributed by atoms with Gasteiger partial charge in [-0.25, -0.2) is 4.99 Å². The monoisotopic (exact) mass is 408 g/mol. The lowest BCUT2D eigenvalue weighted by Gasteiger charge is -2.23. The van der Waals surface area contributed by atoms with E-state index in [1.54, 1.807) is 35.8 Å². The molecule has 0 aliphatic carbocycles. The van der Waals surface area contributed by atoms with Gasteiger partial charge in [-0.2, -0.15) is 5.26 Å². The van der Waals surface area contributed by atoms with Gasteiger partial charge in [-0.1, -0.05) is 41.9 Å². The number of nitriles is 1. The zero-order valence-electron chi connectivity index (χ0n) is 15.2. The molecule has 2 N–H and O–H groups in total. The highest BCUT2D eigenvalue weighted by atomic mass is 35.5. The molecule has 1 unspecified atom stereocenters. The van der Waals surface area contributed by atoms with Crippen LogP contribution in [0.4, 0.5) is 5.00 Å². The maximum Gasteiger partial charge on any atom is 0.134 e. The summed E-state index contributed by atoms with van der Waals surface area (Å²) in [5.41, 5.74) is 3.66. The van der Waals surface area contributed by atoms with Crippen LogP contribution in [0.3, 0.4) is 0 Å². The van der Waals surface area contributed by atoms with E-state index in [-0.39, 0.29) is 5.75 Å². The number of nitrogens with zero attached hydrogens (tertiary/aromatic N) is 2. The van der Waals surface area contributed by atoms with Crippen molar-refractivity contribution in [2.75, 3.05) is 6.54 Å². The normalized spacial score (nSPS) is 16.1. The molecule has 2 aromatic carbocycles. The summed E-state index contributed by atoms with van der Waals surface area (Å²) >= 11 is 7.57. The number of benzene rings is 2. The highest BCUT2D eigenvalue weighted by molar-refractivity contribution is 7.16. The van der Waals surface area contributed by atoms with Gasteiger partial charge in [0.15, 0.2) is 0 Å². The van der Waals surface area contributed by atoms with E-state index in [4.69, 9.17) is 11.6 Å². The van der Waals surface area contributed by atoms with Crippen LogP contribution in [-0.4, -0.2) is 17.9 Å². The average molecular weight is 409 g/mol. The Bertz CT molecular complexity index is 1070. The van der Waals surface area contributed by atoms with Gasteiger partial charge < -0.3 is 10.0 Å². The molecule has 28 heavy (non-hydrogen) atoms. The highest BCUT2D eigenvalue weighted by Gasteiger charge is 2.26. The van der Waals surface area contributed by atoms with Crippen molar-refractivity contribution in [3.8, 4) is 11.8 Å². The quantitative estimate of drug-likeness (QED) is 0.644. The first-order chi connectivity index (χ1) is 13.6. The lowest BCUT2D eigenvalue weighted by atomic mass is 10.0. The number of thiophene rings is 1. The molecule has 0 radical (unpaired) electrons. The predicted molar refractivity (Wildman–Crippen MR) is 113 cm³/mol. The molecular formula is C22H19ClN3OS+. The summed E-state index contributed by atoms with van der Waals surface area (Å²) in [6.07, 6.45) is 2.46. The van der Waals surface area contributed by atoms with Crippen LogP contribution >= 0.6 is 22.9 Å². The van der Waals surface area contributed by atoms with Crippen molar-refractivity contribution >= 4 is 34.2 Å². The second kappa shape index (κ2) is 8.15. The van der Waals surface area contributed by atoms with Gasteiger partial charge in [-0.3, -0.25) is 0 Å². The Morgan fingerprint density at radius 3 is 2.86 bits per heavy atom. The summed E-state index contributed by atoms with van der Waals surface area (Å²) in [4.78, 5) is 7.23. The number of aliphatic imine (C=N–C) groups is 1. The molecule has 4 rings (SSSR count). The fraction of sp³-hybridized carbons (Fsp3) is 0.182. The van der Waals surface area contributed by atoms with Crippen LogP contribution in [0.25, 0.3) is 0 Å². The number of fused-ring (bicyclic) bond motifs is 1. The van der Waals surface area contributed by atoms with Crippen molar-refractivity contribution < 1.29 is 10.0 Å². The van der Waals surface area contributed by atoms with E-state index < -0.39 is 0 Å². The van der Waals surface area contributed by atoms with E-state index in [1.807, 2.05) is 6.07 Å². The van der Waals surface area contributed by atoms with Gasteiger partial charge in [0, 0.05) is 28.8 Å². The molecule has 1 aliphatic rings. The lowest BCUT2D eigenvalue weighted by molar-refractivity contribution is -0.929. The fourth-order valence-electron chi connectivity index (χ4n) is 3.52. The first kappa shape index (κ1) is 18.7. The molecule has 1 aliphatic heterocycles. The van der Waals surface area contributed by atoms with Gasteiger partial charge in [0.1, 0.15) is 29.9 Å². The summed E-state index contributed by atoms with van der Waals surface area (Å²) in [5, 5.41) is 20.9. The smallest absolute Gasteiger partial charge is 0.134 e. The zero-order valence-corrected chi connectivity index (χ0v) is 16.7. The number of hydrogen-bond acceptors (Lipinski definition) is 4. The van der Waals surface area contributed by atoms with Crippen molar-refractivity contribution in [2.45, 2.75) is 19.5 Å². The minimum Gasteiger partial charge on any atom is -0.507 e. The van der Waals surface area contributed by atoms with Gasteiger partial charge in [0.2, 0.25) is 0 Å². The summed E-state index contributed by atoms with van der Waals surface area (Å²) in [5.74, 6) is 0.117. The SMILES string of the molecule is N#Cc1c(/N=C/c2cc(Cl)ccc2O)sc2c1CC[NH+](Cc1ccccc1)C2. The first-order valence-corrected chi connectivity index (χ1v) is 10.3. The summed E-state index contributed by atoms with van der Waals surface area (Å²) in [6, 6.07) is 17.6. The second-order valence-electron chi connectivity index (χ2n) is 6.85. The van der Waals surface area contributed by atoms with E-state index in [0.717, 1.165) is 31.6 Å². The minimum atomic E-state index is 0.117. The van der Waals surface area contributed by atoms with Gasteiger partial charge >= 0.3 is 0 Å². The molecule has 3 aromatic rings. The second-order valence-corrected chi connectivity index (χ2v) is 8.37. The van der Waals surface area contributed by atoms with Gasteiger partial charge in [-0.15, -0.1) is 11.3 Å².